The molecule has 0 spiro atoms. The van der Waals surface area contributed by atoms with Gasteiger partial charge in [0.15, 0.2) is 0 Å². The van der Waals surface area contributed by atoms with E-state index in [4.69, 9.17) is 0 Å². The second kappa shape index (κ2) is 8.93. The van der Waals surface area contributed by atoms with E-state index in [-0.39, 0.29) is 27.3 Å². The van der Waals surface area contributed by atoms with Crippen LogP contribution < -0.4 is 10.0 Å². The molecule has 0 aliphatic heterocycles. The normalized spacial score (nSPS) is 11.9. The van der Waals surface area contributed by atoms with Gasteiger partial charge in [0.05, 0.1) is 11.0 Å². The molecule has 3 aromatic carbocycles. The number of anilines is 1. The number of sulfonamides is 1. The van der Waals surface area contributed by atoms with Gasteiger partial charge in [0.1, 0.15) is 17.7 Å². The number of aryl methyl sites for hydroxylation is 1. The molecule has 0 heterocycles. The molecule has 158 valence electrons. The maximum absolute atomic E-state index is 13.9. The molecule has 0 saturated heterocycles. The Balaban J connectivity index is 1.73. The zero-order chi connectivity index (χ0) is 22.6. The monoisotopic (exact) mass is 441 g/mol. The lowest BCUT2D eigenvalue weighted by Crippen LogP contribution is -2.28. The van der Waals surface area contributed by atoms with Crippen LogP contribution in [0.5, 0.6) is 0 Å². The molecule has 3 rings (SSSR count). The van der Waals surface area contributed by atoms with Crippen molar-refractivity contribution in [3.8, 4) is 6.07 Å². The summed E-state index contributed by atoms with van der Waals surface area (Å²) in [4.78, 5) is 12.3. The van der Waals surface area contributed by atoms with Crippen LogP contribution in [0.4, 0.5) is 14.5 Å². The van der Waals surface area contributed by atoms with Gasteiger partial charge in [0.2, 0.25) is 0 Å². The van der Waals surface area contributed by atoms with Gasteiger partial charge < -0.3 is 5.32 Å². The Morgan fingerprint density at radius 2 is 1.68 bits per heavy atom. The SMILES string of the molecule is Cc1cc(S(=O)(=O)Nc2ccc(C(=O)NC(C#N)c3ccccc3F)cc2)ccc1F. The van der Waals surface area contributed by atoms with Crippen LogP contribution in [-0.4, -0.2) is 14.3 Å². The van der Waals surface area contributed by atoms with Crippen LogP contribution in [0, 0.1) is 29.9 Å². The predicted octanol–water partition coefficient (Wildman–Crippen LogP) is 4.07. The minimum Gasteiger partial charge on any atom is -0.332 e. The number of hydrogen-bond acceptors (Lipinski definition) is 4. The van der Waals surface area contributed by atoms with Gasteiger partial charge in [-0.15, -0.1) is 0 Å². The topological polar surface area (TPSA) is 99.1 Å². The average Bonchev–Trinajstić information content (AvgIpc) is 2.74. The van der Waals surface area contributed by atoms with Gasteiger partial charge in [-0.2, -0.15) is 5.26 Å². The second-order valence-electron chi connectivity index (χ2n) is 6.65. The Bertz CT molecular complexity index is 1270. The number of nitrogens with zero attached hydrogens (tertiary/aromatic N) is 1. The van der Waals surface area contributed by atoms with Gasteiger partial charge in [0, 0.05) is 16.8 Å². The van der Waals surface area contributed by atoms with E-state index in [9.17, 15) is 27.3 Å². The molecule has 0 saturated carbocycles. The van der Waals surface area contributed by atoms with Crippen molar-refractivity contribution in [1.29, 1.82) is 5.26 Å². The van der Waals surface area contributed by atoms with Crippen LogP contribution in [0.25, 0.3) is 0 Å². The van der Waals surface area contributed by atoms with Gasteiger partial charge in [-0.1, -0.05) is 18.2 Å². The van der Waals surface area contributed by atoms with Crippen molar-refractivity contribution < 1.29 is 22.0 Å². The van der Waals surface area contributed by atoms with E-state index >= 15 is 0 Å². The summed E-state index contributed by atoms with van der Waals surface area (Å²) in [5.74, 6) is -1.76. The molecule has 0 aliphatic carbocycles. The Morgan fingerprint density at radius 3 is 2.29 bits per heavy atom. The van der Waals surface area contributed by atoms with Crippen LogP contribution in [0.15, 0.2) is 71.6 Å². The average molecular weight is 441 g/mol. The first-order valence-corrected chi connectivity index (χ1v) is 10.5. The molecule has 1 amide bonds. The third-order valence-electron chi connectivity index (χ3n) is 4.46. The van der Waals surface area contributed by atoms with Crippen LogP contribution in [0.3, 0.4) is 0 Å². The first kappa shape index (κ1) is 21.9. The molecule has 1 unspecified atom stereocenters. The fraction of sp³-hybridized carbons (Fsp3) is 0.0909. The fourth-order valence-corrected chi connectivity index (χ4v) is 3.93. The number of nitriles is 1. The Hall–Kier alpha value is -3.77. The zero-order valence-corrected chi connectivity index (χ0v) is 17.1. The highest BCUT2D eigenvalue weighted by atomic mass is 32.2. The Labute approximate surface area is 178 Å². The zero-order valence-electron chi connectivity index (χ0n) is 16.3. The lowest BCUT2D eigenvalue weighted by atomic mass is 10.1. The third kappa shape index (κ3) is 5.05. The van der Waals surface area contributed by atoms with Gasteiger partial charge >= 0.3 is 0 Å². The summed E-state index contributed by atoms with van der Waals surface area (Å²) in [6, 6.07) is 15.2. The fourth-order valence-electron chi connectivity index (χ4n) is 2.79. The molecule has 0 radical (unpaired) electrons. The number of nitrogens with one attached hydrogen (secondary N) is 2. The minimum atomic E-state index is -3.95. The number of halogens is 2. The molecule has 2 N–H and O–H groups in total. The van der Waals surface area contributed by atoms with Gasteiger partial charge in [-0.3, -0.25) is 9.52 Å². The quantitative estimate of drug-likeness (QED) is 0.602. The van der Waals surface area contributed by atoms with E-state index in [2.05, 4.69) is 10.0 Å². The molecular weight excluding hydrogens is 424 g/mol. The Morgan fingerprint density at radius 1 is 1.00 bits per heavy atom. The summed E-state index contributed by atoms with van der Waals surface area (Å²) in [5, 5.41) is 11.7. The number of carbonyl (C=O) groups is 1. The predicted molar refractivity (Wildman–Crippen MR) is 111 cm³/mol. The molecule has 31 heavy (non-hydrogen) atoms. The molecular formula is C22H17F2N3O3S. The molecule has 6 nitrogen and oxygen atoms in total. The number of amides is 1. The Kier molecular flexibility index (Phi) is 6.32. The second-order valence-corrected chi connectivity index (χ2v) is 8.33. The van der Waals surface area contributed by atoms with E-state index in [1.807, 2.05) is 6.07 Å². The van der Waals surface area contributed by atoms with Crippen LogP contribution >= 0.6 is 0 Å². The van der Waals surface area contributed by atoms with Crippen LogP contribution in [-0.2, 0) is 10.0 Å². The van der Waals surface area contributed by atoms with Crippen molar-refractivity contribution in [2.24, 2.45) is 0 Å². The molecule has 9 heteroatoms. The lowest BCUT2D eigenvalue weighted by molar-refractivity contribution is 0.0944. The van der Waals surface area contributed by atoms with Crippen molar-refractivity contribution >= 4 is 21.6 Å². The number of carbonyl (C=O) groups excluding carboxylic acids is 1. The van der Waals surface area contributed by atoms with E-state index in [0.717, 1.165) is 12.1 Å². The molecule has 0 aliphatic rings. The van der Waals surface area contributed by atoms with Crippen molar-refractivity contribution in [1.82, 2.24) is 5.32 Å². The van der Waals surface area contributed by atoms with Crippen LogP contribution in [0.2, 0.25) is 0 Å². The third-order valence-corrected chi connectivity index (χ3v) is 5.84. The van der Waals surface area contributed by atoms with Crippen molar-refractivity contribution in [3.05, 3.63) is 95.1 Å². The molecule has 3 aromatic rings. The standard InChI is InChI=1S/C22H17F2N3O3S/c1-14-12-17(10-11-19(14)23)31(29,30)27-16-8-6-15(7-9-16)22(28)26-21(13-25)18-4-2-3-5-20(18)24/h2-12,21,27H,1H3,(H,26,28). The van der Waals surface area contributed by atoms with E-state index in [1.54, 1.807) is 6.07 Å². The van der Waals surface area contributed by atoms with Gasteiger partial charge in [-0.05, 0) is 61.0 Å². The summed E-state index contributed by atoms with van der Waals surface area (Å²) in [6.07, 6.45) is 0. The van der Waals surface area contributed by atoms with Gasteiger partial charge in [-0.25, -0.2) is 17.2 Å². The summed E-state index contributed by atoms with van der Waals surface area (Å²) < 4.78 is 54.6. The molecule has 0 bridgehead atoms. The number of hydrogen-bond donors (Lipinski definition) is 2. The minimum absolute atomic E-state index is 0.0392. The maximum atomic E-state index is 13.9. The largest absolute Gasteiger partial charge is 0.332 e. The van der Waals surface area contributed by atoms with Gasteiger partial charge in [0.25, 0.3) is 15.9 Å². The van der Waals surface area contributed by atoms with E-state index < -0.39 is 33.6 Å². The number of rotatable bonds is 6. The van der Waals surface area contributed by atoms with Crippen molar-refractivity contribution in [2.45, 2.75) is 17.9 Å². The first-order valence-electron chi connectivity index (χ1n) is 9.05. The van der Waals surface area contributed by atoms with Crippen LogP contribution in [0.1, 0.15) is 27.5 Å². The molecule has 0 fully saturated rings. The highest BCUT2D eigenvalue weighted by Crippen LogP contribution is 2.20. The smallest absolute Gasteiger partial charge is 0.261 e. The molecule has 0 aromatic heterocycles. The molecule has 1 atom stereocenters. The highest BCUT2D eigenvalue weighted by Gasteiger charge is 2.19. The summed E-state index contributed by atoms with van der Waals surface area (Å²) >= 11 is 0. The highest BCUT2D eigenvalue weighted by molar-refractivity contribution is 7.92. The number of benzene rings is 3. The summed E-state index contributed by atoms with van der Waals surface area (Å²) in [6.45, 7) is 1.46. The first-order chi connectivity index (χ1) is 14.7. The maximum Gasteiger partial charge on any atom is 0.261 e. The summed E-state index contributed by atoms with van der Waals surface area (Å²) in [7, 11) is -3.95. The van der Waals surface area contributed by atoms with E-state index in [0.29, 0.717) is 0 Å². The van der Waals surface area contributed by atoms with Crippen molar-refractivity contribution in [2.75, 3.05) is 4.72 Å². The summed E-state index contributed by atoms with van der Waals surface area (Å²) in [5.41, 5.74) is 0.566. The van der Waals surface area contributed by atoms with E-state index in [1.165, 1.54) is 55.5 Å². The lowest BCUT2D eigenvalue weighted by Gasteiger charge is -2.13. The van der Waals surface area contributed by atoms with Crippen molar-refractivity contribution in [3.63, 3.8) is 0 Å².